The molecule has 22 heteroatoms. The number of phosphoric ester groups is 2. The number of hydrogen-bond acceptors (Lipinski definition) is 12. The predicted molar refractivity (Wildman–Crippen MR) is 199 cm³/mol. The van der Waals surface area contributed by atoms with Crippen LogP contribution in [0.15, 0.2) is 36.4 Å². The summed E-state index contributed by atoms with van der Waals surface area (Å²) in [5.74, 6) is -1.61. The number of primary amides is 2. The zero-order valence-corrected chi connectivity index (χ0v) is 32.8. The minimum Gasteiger partial charge on any atom is -0.450 e. The van der Waals surface area contributed by atoms with Crippen LogP contribution in [0.25, 0.3) is 0 Å². The number of amides is 6. The van der Waals surface area contributed by atoms with Crippen LogP contribution in [-0.2, 0) is 48.2 Å². The van der Waals surface area contributed by atoms with Gasteiger partial charge in [0.05, 0.1) is 19.8 Å². The summed E-state index contributed by atoms with van der Waals surface area (Å²) in [6, 6.07) is 2.88. The molecule has 1 aromatic carbocycles. The number of carbonyl (C=O) groups excluding carboxylic acids is 5. The maximum absolute atomic E-state index is 13.4. The number of hydrogen-bond donors (Lipinski definition) is 8. The molecule has 1 aliphatic rings. The fraction of sp³-hybridized carbons (Fsp3) is 0.606. The summed E-state index contributed by atoms with van der Waals surface area (Å²) >= 11 is 0. The maximum atomic E-state index is 13.4. The van der Waals surface area contributed by atoms with Crippen molar-refractivity contribution in [2.24, 2.45) is 17.4 Å². The second-order valence-electron chi connectivity index (χ2n) is 12.9. The quantitative estimate of drug-likeness (QED) is 0.0436. The molecule has 2 rings (SSSR count). The summed E-state index contributed by atoms with van der Waals surface area (Å²) in [7, 11) is -10.0. The topological polar surface area (TPSA) is 306 Å². The van der Waals surface area contributed by atoms with Crippen molar-refractivity contribution in [1.29, 1.82) is 0 Å². The van der Waals surface area contributed by atoms with E-state index in [1.807, 2.05) is 6.08 Å². The summed E-state index contributed by atoms with van der Waals surface area (Å²) < 4.78 is 48.4. The summed E-state index contributed by atoms with van der Waals surface area (Å²) in [6.07, 6.45) is 7.55. The molecule has 6 amide bonds. The number of nitrogens with two attached hydrogens (primary N) is 2. The van der Waals surface area contributed by atoms with E-state index in [-0.39, 0.29) is 56.7 Å². The van der Waals surface area contributed by atoms with Crippen LogP contribution >= 0.6 is 15.6 Å². The Morgan fingerprint density at radius 1 is 0.855 bits per heavy atom. The Morgan fingerprint density at radius 2 is 1.53 bits per heavy atom. The lowest BCUT2D eigenvalue weighted by Crippen LogP contribution is -2.55. The minimum atomic E-state index is -5.07. The third kappa shape index (κ3) is 21.0. The first-order valence-electron chi connectivity index (χ1n) is 17.9. The highest BCUT2D eigenvalue weighted by molar-refractivity contribution is 7.61. The molecule has 55 heavy (non-hydrogen) atoms. The van der Waals surface area contributed by atoms with Crippen LogP contribution in [-0.4, -0.2) is 77.8 Å². The van der Waals surface area contributed by atoms with Crippen molar-refractivity contribution in [3.63, 3.8) is 0 Å². The molecule has 0 saturated heterocycles. The van der Waals surface area contributed by atoms with E-state index in [0.29, 0.717) is 31.2 Å². The molecule has 0 spiro atoms. The lowest BCUT2D eigenvalue weighted by atomic mass is 10.0. The fourth-order valence-electron chi connectivity index (χ4n) is 5.12. The Hall–Kier alpha value is -4.03. The maximum Gasteiger partial charge on any atom is 0.481 e. The van der Waals surface area contributed by atoms with Crippen LogP contribution < -0.4 is 32.7 Å². The van der Waals surface area contributed by atoms with Gasteiger partial charge >= 0.3 is 33.9 Å². The number of ether oxygens (including phenoxy) is 2. The number of phosphoric acid groups is 2. The first-order valence-corrected chi connectivity index (χ1v) is 20.9. The molecule has 1 aliphatic carbocycles. The largest absolute Gasteiger partial charge is 0.481 e. The van der Waals surface area contributed by atoms with Crippen LogP contribution in [0.1, 0.15) is 83.6 Å². The first kappa shape index (κ1) is 47.1. The van der Waals surface area contributed by atoms with Gasteiger partial charge in [0.15, 0.2) is 0 Å². The van der Waals surface area contributed by atoms with Crippen molar-refractivity contribution in [1.82, 2.24) is 16.0 Å². The lowest BCUT2D eigenvalue weighted by Gasteiger charge is -2.26. The second-order valence-corrected chi connectivity index (χ2v) is 16.0. The summed E-state index contributed by atoms with van der Waals surface area (Å²) in [5.41, 5.74) is 10.6. The van der Waals surface area contributed by atoms with E-state index in [4.69, 9.17) is 20.7 Å². The number of anilines is 1. The molecular formula is C33H54N6O14P2. The highest BCUT2D eigenvalue weighted by atomic mass is 31.3. The zero-order valence-electron chi connectivity index (χ0n) is 31.0. The monoisotopic (exact) mass is 820 g/mol. The SMILES string of the molecule is CC(C)[C@@H](NC(=O)OC1CC/C=C/CCC1)C(=O)N[C@@H](CCCNC(N)=O)C(=O)Nc1ccc(COP(=O)(O)OP(=O)(O)OCCCCCOC(N)=O)cc1. The molecule has 0 heterocycles. The molecule has 5 atom stereocenters. The van der Waals surface area contributed by atoms with Crippen molar-refractivity contribution in [2.75, 3.05) is 25.1 Å². The number of unbranched alkanes of at least 4 members (excludes halogenated alkanes) is 2. The summed E-state index contributed by atoms with van der Waals surface area (Å²) in [5, 5.41) is 10.4. The number of rotatable bonds is 23. The Bertz CT molecular complexity index is 1530. The molecule has 10 N–H and O–H groups in total. The fourth-order valence-corrected chi connectivity index (χ4v) is 7.21. The van der Waals surface area contributed by atoms with Crippen LogP contribution in [0.4, 0.5) is 20.1 Å². The van der Waals surface area contributed by atoms with E-state index >= 15 is 0 Å². The van der Waals surface area contributed by atoms with Crippen LogP contribution in [0, 0.1) is 5.92 Å². The molecule has 0 aliphatic heterocycles. The van der Waals surface area contributed by atoms with Crippen LogP contribution in [0.3, 0.4) is 0 Å². The summed E-state index contributed by atoms with van der Waals surface area (Å²) in [6.45, 7) is 2.83. The first-order chi connectivity index (χ1) is 26.0. The third-order valence-electron chi connectivity index (χ3n) is 7.93. The van der Waals surface area contributed by atoms with Gasteiger partial charge in [-0.3, -0.25) is 18.6 Å². The average molecular weight is 821 g/mol. The number of nitrogens with one attached hydrogen (secondary N) is 4. The van der Waals surface area contributed by atoms with Crippen molar-refractivity contribution in [3.8, 4) is 0 Å². The van der Waals surface area contributed by atoms with E-state index < -0.39 is 64.4 Å². The van der Waals surface area contributed by atoms with Gasteiger partial charge in [0.2, 0.25) is 11.8 Å². The van der Waals surface area contributed by atoms with Gasteiger partial charge in [-0.05, 0) is 87.8 Å². The van der Waals surface area contributed by atoms with Gasteiger partial charge in [0.1, 0.15) is 18.2 Å². The van der Waals surface area contributed by atoms with E-state index in [1.165, 1.54) is 24.3 Å². The predicted octanol–water partition coefficient (Wildman–Crippen LogP) is 4.21. The standard InChI is InChI=1S/C33H54N6O14P2/c1-23(2)28(39-33(44)52-26-12-7-4-3-5-8-13-26)30(41)38-27(14-11-19-36-31(34)42)29(40)37-25-17-15-24(16-18-25)22-51-55(47,48)53-54(45,46)50-21-10-6-9-20-49-32(35)43/h3-4,15-18,23,26-28H,5-14,19-22H2,1-2H3,(H2,35,43)(H,37,40)(H,38,41)(H,39,44)(H,45,46)(H,47,48)(H3,34,36,42)/b4-3+/t26?,27-,28+/m0/s1. The Morgan fingerprint density at radius 3 is 2.20 bits per heavy atom. The van der Waals surface area contributed by atoms with Gasteiger partial charge < -0.3 is 52.0 Å². The Labute approximate surface area is 320 Å². The number of benzene rings is 1. The van der Waals surface area contributed by atoms with E-state index in [2.05, 4.69) is 40.9 Å². The normalized spacial score (nSPS) is 18.2. The minimum absolute atomic E-state index is 0.0578. The van der Waals surface area contributed by atoms with Crippen molar-refractivity contribution in [3.05, 3.63) is 42.0 Å². The lowest BCUT2D eigenvalue weighted by molar-refractivity contribution is -0.128. The van der Waals surface area contributed by atoms with Gasteiger partial charge in [-0.15, -0.1) is 0 Å². The number of alkyl carbamates (subject to hydrolysis) is 1. The second kappa shape index (κ2) is 24.5. The molecule has 310 valence electrons. The molecule has 0 radical (unpaired) electrons. The van der Waals surface area contributed by atoms with Gasteiger partial charge in [-0.25, -0.2) is 23.5 Å². The van der Waals surface area contributed by atoms with Gasteiger partial charge in [0, 0.05) is 12.2 Å². The van der Waals surface area contributed by atoms with E-state index in [9.17, 15) is 42.9 Å². The molecule has 0 aromatic heterocycles. The van der Waals surface area contributed by atoms with Gasteiger partial charge in [-0.2, -0.15) is 4.31 Å². The number of carbonyl (C=O) groups is 5. The smallest absolute Gasteiger partial charge is 0.450 e. The number of allylic oxidation sites excluding steroid dienone is 2. The number of urea groups is 1. The average Bonchev–Trinajstić information content (AvgIpc) is 3.08. The van der Waals surface area contributed by atoms with Crippen LogP contribution in [0.5, 0.6) is 0 Å². The van der Waals surface area contributed by atoms with Crippen molar-refractivity contribution >= 4 is 51.4 Å². The summed E-state index contributed by atoms with van der Waals surface area (Å²) in [4.78, 5) is 81.1. The molecule has 0 saturated carbocycles. The van der Waals surface area contributed by atoms with Gasteiger partial charge in [-0.1, -0.05) is 38.1 Å². The molecule has 0 bridgehead atoms. The zero-order chi connectivity index (χ0) is 40.9. The third-order valence-corrected chi connectivity index (χ3v) is 10.5. The van der Waals surface area contributed by atoms with Crippen molar-refractivity contribution in [2.45, 2.75) is 103 Å². The Kier molecular flexibility index (Phi) is 21.0. The van der Waals surface area contributed by atoms with E-state index in [1.54, 1.807) is 13.8 Å². The Balaban J connectivity index is 1.96. The highest BCUT2D eigenvalue weighted by Crippen LogP contribution is 2.60. The molecular weight excluding hydrogens is 766 g/mol. The van der Waals surface area contributed by atoms with Crippen LogP contribution in [0.2, 0.25) is 0 Å². The van der Waals surface area contributed by atoms with Crippen molar-refractivity contribution < 1.29 is 65.7 Å². The van der Waals surface area contributed by atoms with Gasteiger partial charge in [0.25, 0.3) is 0 Å². The van der Waals surface area contributed by atoms with E-state index in [0.717, 1.165) is 19.3 Å². The molecule has 0 fully saturated rings. The highest BCUT2D eigenvalue weighted by Gasteiger charge is 2.35. The molecule has 20 nitrogen and oxygen atoms in total. The molecule has 3 unspecified atom stereocenters. The molecule has 1 aromatic rings.